The van der Waals surface area contributed by atoms with Gasteiger partial charge in [0.2, 0.25) is 0 Å². The number of aryl methyl sites for hydroxylation is 1. The minimum Gasteiger partial charge on any atom is -0.495 e. The van der Waals surface area contributed by atoms with Gasteiger partial charge < -0.3 is 9.30 Å². The molecule has 2 amide bonds. The minimum atomic E-state index is -0.572. The summed E-state index contributed by atoms with van der Waals surface area (Å²) in [4.78, 5) is 27.3. The second-order valence-corrected chi connectivity index (χ2v) is 7.65. The quantitative estimate of drug-likeness (QED) is 0.371. The fourth-order valence-corrected chi connectivity index (χ4v) is 4.04. The van der Waals surface area contributed by atoms with Gasteiger partial charge in [-0.1, -0.05) is 12.1 Å². The maximum Gasteiger partial charge on any atom is 0.270 e. The molecule has 162 valence electrons. The molecule has 1 N–H and O–H groups in total. The van der Waals surface area contributed by atoms with E-state index in [1.165, 1.54) is 24.1 Å². The highest BCUT2D eigenvalue weighted by Crippen LogP contribution is 2.31. The number of carbonyl (C=O) groups is 2. The molecule has 0 bridgehead atoms. The number of anilines is 1. The van der Waals surface area contributed by atoms with Crippen molar-refractivity contribution < 1.29 is 18.7 Å². The van der Waals surface area contributed by atoms with E-state index >= 15 is 0 Å². The number of rotatable bonds is 4. The van der Waals surface area contributed by atoms with Crippen LogP contribution in [0.1, 0.15) is 17.0 Å². The van der Waals surface area contributed by atoms with Gasteiger partial charge in [0, 0.05) is 17.1 Å². The molecule has 1 saturated heterocycles. The molecule has 1 aliphatic heterocycles. The number of benzene rings is 2. The molecule has 32 heavy (non-hydrogen) atoms. The van der Waals surface area contributed by atoms with Gasteiger partial charge in [0.25, 0.3) is 11.8 Å². The molecule has 3 aromatic rings. The van der Waals surface area contributed by atoms with Crippen molar-refractivity contribution in [1.82, 2.24) is 9.88 Å². The number of hydrogen-bond acceptors (Lipinski definition) is 4. The number of methoxy groups -OCH3 is 1. The van der Waals surface area contributed by atoms with Crippen LogP contribution in [-0.4, -0.2) is 28.6 Å². The Kier molecular flexibility index (Phi) is 5.63. The first-order valence-electron chi connectivity index (χ1n) is 9.81. The Morgan fingerprint density at radius 2 is 1.75 bits per heavy atom. The standard InChI is InChI=1S/C24H20FN3O3S/c1-14-12-16(15(2)27(14)18-10-8-17(25)9-11-18)13-19-22(29)26-24(32)28(23(19)30)20-6-4-5-7-21(20)31-3/h4-13H,1-3H3,(H,26,29,32). The zero-order chi connectivity index (χ0) is 23.0. The Bertz CT molecular complexity index is 1280. The van der Waals surface area contributed by atoms with Crippen LogP contribution in [0.5, 0.6) is 5.75 Å². The van der Waals surface area contributed by atoms with E-state index in [1.54, 1.807) is 42.5 Å². The van der Waals surface area contributed by atoms with Crippen LogP contribution in [-0.2, 0) is 9.59 Å². The fraction of sp³-hybridized carbons (Fsp3) is 0.125. The van der Waals surface area contributed by atoms with E-state index in [0.717, 1.165) is 17.1 Å². The van der Waals surface area contributed by atoms with Crippen molar-refractivity contribution in [1.29, 1.82) is 0 Å². The van der Waals surface area contributed by atoms with Crippen LogP contribution in [0.15, 0.2) is 60.2 Å². The molecule has 6 nitrogen and oxygen atoms in total. The lowest BCUT2D eigenvalue weighted by Gasteiger charge is -2.29. The summed E-state index contributed by atoms with van der Waals surface area (Å²) in [7, 11) is 1.50. The van der Waals surface area contributed by atoms with Crippen molar-refractivity contribution in [2.24, 2.45) is 0 Å². The maximum atomic E-state index is 13.3. The van der Waals surface area contributed by atoms with Gasteiger partial charge in [-0.05, 0) is 80.2 Å². The maximum absolute atomic E-state index is 13.3. The average molecular weight is 450 g/mol. The SMILES string of the molecule is COc1ccccc1N1C(=O)C(=Cc2cc(C)n(-c3ccc(F)cc3)c2C)C(=O)NC1=S. The first kappa shape index (κ1) is 21.5. The number of thiocarbonyl (C=S) groups is 1. The Morgan fingerprint density at radius 1 is 1.06 bits per heavy atom. The van der Waals surface area contributed by atoms with Crippen LogP contribution in [0.25, 0.3) is 11.8 Å². The Labute approximate surface area is 189 Å². The number of carbonyl (C=O) groups excluding carboxylic acids is 2. The van der Waals surface area contributed by atoms with Crippen LogP contribution in [0.2, 0.25) is 0 Å². The number of amides is 2. The third kappa shape index (κ3) is 3.69. The van der Waals surface area contributed by atoms with Crippen LogP contribution >= 0.6 is 12.2 Å². The molecule has 1 fully saturated rings. The Hall–Kier alpha value is -3.78. The first-order valence-corrected chi connectivity index (χ1v) is 10.2. The number of nitrogens with one attached hydrogen (secondary N) is 1. The van der Waals surface area contributed by atoms with Crippen molar-refractivity contribution in [2.45, 2.75) is 13.8 Å². The van der Waals surface area contributed by atoms with E-state index in [9.17, 15) is 14.0 Å². The topological polar surface area (TPSA) is 63.6 Å². The third-order valence-electron chi connectivity index (χ3n) is 5.28. The lowest BCUT2D eigenvalue weighted by molar-refractivity contribution is -0.122. The summed E-state index contributed by atoms with van der Waals surface area (Å²) in [6.45, 7) is 3.77. The summed E-state index contributed by atoms with van der Waals surface area (Å²) < 4.78 is 20.6. The molecule has 0 radical (unpaired) electrons. The number of ether oxygens (including phenoxy) is 1. The highest BCUT2D eigenvalue weighted by atomic mass is 32.1. The zero-order valence-corrected chi connectivity index (χ0v) is 18.5. The smallest absolute Gasteiger partial charge is 0.270 e. The highest BCUT2D eigenvalue weighted by Gasteiger charge is 2.36. The monoisotopic (exact) mass is 449 g/mol. The van der Waals surface area contributed by atoms with Gasteiger partial charge in [0.15, 0.2) is 5.11 Å². The van der Waals surface area contributed by atoms with Crippen molar-refractivity contribution in [3.63, 3.8) is 0 Å². The predicted molar refractivity (Wildman–Crippen MR) is 124 cm³/mol. The van der Waals surface area contributed by atoms with Crippen molar-refractivity contribution in [3.05, 3.63) is 82.9 Å². The van der Waals surface area contributed by atoms with Crippen LogP contribution < -0.4 is 15.0 Å². The van der Waals surface area contributed by atoms with E-state index in [-0.39, 0.29) is 16.5 Å². The van der Waals surface area contributed by atoms with Crippen LogP contribution in [0.4, 0.5) is 10.1 Å². The molecule has 8 heteroatoms. The van der Waals surface area contributed by atoms with Gasteiger partial charge >= 0.3 is 0 Å². The molecule has 1 aromatic heterocycles. The van der Waals surface area contributed by atoms with E-state index in [2.05, 4.69) is 5.32 Å². The van der Waals surface area contributed by atoms with Gasteiger partial charge in [-0.15, -0.1) is 0 Å². The number of nitrogens with zero attached hydrogens (tertiary/aromatic N) is 2. The molecule has 1 aliphatic rings. The molecule has 0 aliphatic carbocycles. The lowest BCUT2D eigenvalue weighted by Crippen LogP contribution is -2.54. The third-order valence-corrected chi connectivity index (χ3v) is 5.57. The highest BCUT2D eigenvalue weighted by molar-refractivity contribution is 7.80. The Balaban J connectivity index is 1.77. The minimum absolute atomic E-state index is 0.0153. The summed E-state index contributed by atoms with van der Waals surface area (Å²) in [5.41, 5.74) is 3.54. The van der Waals surface area contributed by atoms with Crippen molar-refractivity contribution in [2.75, 3.05) is 12.0 Å². The van der Waals surface area contributed by atoms with Gasteiger partial charge in [-0.2, -0.15) is 0 Å². The molecule has 0 atom stereocenters. The Morgan fingerprint density at radius 3 is 2.44 bits per heavy atom. The zero-order valence-electron chi connectivity index (χ0n) is 17.7. The molecule has 2 heterocycles. The average Bonchev–Trinajstić information content (AvgIpc) is 3.05. The van der Waals surface area contributed by atoms with Gasteiger partial charge in [0.05, 0.1) is 12.8 Å². The molecule has 0 spiro atoms. The molecule has 4 rings (SSSR count). The fourth-order valence-electron chi connectivity index (χ4n) is 3.77. The summed E-state index contributed by atoms with van der Waals surface area (Å²) in [6.07, 6.45) is 1.55. The normalized spacial score (nSPS) is 15.3. The second kappa shape index (κ2) is 8.39. The molecular weight excluding hydrogens is 429 g/mol. The predicted octanol–water partition coefficient (Wildman–Crippen LogP) is 4.07. The summed E-state index contributed by atoms with van der Waals surface area (Å²) in [5, 5.41) is 2.57. The van der Waals surface area contributed by atoms with Crippen molar-refractivity contribution in [3.8, 4) is 11.4 Å². The summed E-state index contributed by atoms with van der Waals surface area (Å²) >= 11 is 5.27. The number of para-hydroxylation sites is 2. The van der Waals surface area contributed by atoms with E-state index in [0.29, 0.717) is 17.0 Å². The molecule has 0 unspecified atom stereocenters. The van der Waals surface area contributed by atoms with Gasteiger partial charge in [-0.3, -0.25) is 14.9 Å². The van der Waals surface area contributed by atoms with E-state index < -0.39 is 11.8 Å². The number of hydrogen-bond donors (Lipinski definition) is 1. The van der Waals surface area contributed by atoms with E-state index in [1.807, 2.05) is 24.5 Å². The summed E-state index contributed by atoms with van der Waals surface area (Å²) in [6, 6.07) is 14.9. The van der Waals surface area contributed by atoms with Gasteiger partial charge in [-0.25, -0.2) is 9.29 Å². The number of halogens is 1. The van der Waals surface area contributed by atoms with Crippen LogP contribution in [0.3, 0.4) is 0 Å². The molecule has 2 aromatic carbocycles. The summed E-state index contributed by atoms with van der Waals surface area (Å²) in [5.74, 6) is -0.990. The lowest BCUT2D eigenvalue weighted by atomic mass is 10.1. The van der Waals surface area contributed by atoms with Crippen molar-refractivity contribution >= 4 is 40.9 Å². The van der Waals surface area contributed by atoms with Crippen LogP contribution in [0, 0.1) is 19.7 Å². The van der Waals surface area contributed by atoms with Gasteiger partial charge in [0.1, 0.15) is 17.1 Å². The molecule has 0 saturated carbocycles. The molecular formula is C24H20FN3O3S. The number of aromatic nitrogens is 1. The largest absolute Gasteiger partial charge is 0.495 e. The second-order valence-electron chi connectivity index (χ2n) is 7.27. The first-order chi connectivity index (χ1) is 15.3. The van der Waals surface area contributed by atoms with E-state index in [4.69, 9.17) is 17.0 Å².